The summed E-state index contributed by atoms with van der Waals surface area (Å²) in [4.78, 5) is 72.5. The van der Waals surface area contributed by atoms with E-state index in [4.69, 9.17) is 37.0 Å². The maximum atomic E-state index is 13.0. The van der Waals surface area contributed by atoms with Gasteiger partial charge in [-0.2, -0.15) is 0 Å². The number of phosphoric ester groups is 2. The lowest BCUT2D eigenvalue weighted by Crippen LogP contribution is -2.30. The fraction of sp³-hybridized carbons (Fsp3) is 0.889. The van der Waals surface area contributed by atoms with Gasteiger partial charge in [0, 0.05) is 25.7 Å². The molecular weight excluding hydrogens is 1200 g/mol. The zero-order valence-corrected chi connectivity index (χ0v) is 60.6. The van der Waals surface area contributed by atoms with Crippen molar-refractivity contribution in [2.24, 2.45) is 17.8 Å². The number of aliphatic hydroxyl groups excluding tert-OH is 1. The standard InChI is InChI=1S/C72H136O17P2/c1-8-10-11-12-13-14-15-16-17-22-25-28-31-41-48-55-71(76)88-67(60-83-70(75)54-47-40-34-32-37-44-51-64(5)6)61-86-90(78,79)84-57-66(73)58-85-91(80,81)87-62-68(89-72(77)56-49-42-35-33-38-45-52-65(7)9-2)59-82-69(74)53-46-39-30-27-24-21-19-18-20-23-26-29-36-43-50-63(3)4/h14-17,63-68,73H,8-13,18-62H2,1-7H3,(H,78,79)(H,80,81)/b15-14-,17-16-/t65?,66-,67+,68+/m0/s1. The van der Waals surface area contributed by atoms with E-state index in [9.17, 15) is 43.2 Å². The molecule has 0 aromatic rings. The van der Waals surface area contributed by atoms with E-state index in [0.717, 1.165) is 121 Å². The van der Waals surface area contributed by atoms with Crippen molar-refractivity contribution < 1.29 is 80.2 Å². The summed E-state index contributed by atoms with van der Waals surface area (Å²) in [7, 11) is -9.92. The molecule has 17 nitrogen and oxygen atoms in total. The second-order valence-electron chi connectivity index (χ2n) is 26.5. The Morgan fingerprint density at radius 3 is 0.978 bits per heavy atom. The normalized spacial score (nSPS) is 14.6. The van der Waals surface area contributed by atoms with Gasteiger partial charge in [0.15, 0.2) is 12.2 Å². The summed E-state index contributed by atoms with van der Waals surface area (Å²) in [5, 5.41) is 10.6. The maximum absolute atomic E-state index is 13.0. The Bertz CT molecular complexity index is 1880. The molecule has 536 valence electrons. The van der Waals surface area contributed by atoms with E-state index in [-0.39, 0.29) is 25.7 Å². The highest BCUT2D eigenvalue weighted by Gasteiger charge is 2.30. The lowest BCUT2D eigenvalue weighted by atomic mass is 10.00. The molecular formula is C72H136O17P2. The van der Waals surface area contributed by atoms with E-state index in [1.54, 1.807) is 0 Å². The highest BCUT2D eigenvalue weighted by molar-refractivity contribution is 7.47. The van der Waals surface area contributed by atoms with Crippen LogP contribution in [0.4, 0.5) is 0 Å². The van der Waals surface area contributed by atoms with Crippen molar-refractivity contribution in [2.45, 2.75) is 356 Å². The van der Waals surface area contributed by atoms with Crippen LogP contribution in [0.5, 0.6) is 0 Å². The van der Waals surface area contributed by atoms with Crippen molar-refractivity contribution >= 4 is 39.5 Å². The van der Waals surface area contributed by atoms with Crippen LogP contribution in [0, 0.1) is 17.8 Å². The van der Waals surface area contributed by atoms with Crippen LogP contribution in [0.2, 0.25) is 0 Å². The zero-order chi connectivity index (χ0) is 67.3. The van der Waals surface area contributed by atoms with Crippen molar-refractivity contribution in [3.05, 3.63) is 24.3 Å². The molecule has 0 aromatic heterocycles. The molecule has 0 aliphatic heterocycles. The third-order valence-corrected chi connectivity index (χ3v) is 18.3. The summed E-state index contributed by atoms with van der Waals surface area (Å²) in [6.07, 6.45) is 49.6. The van der Waals surface area contributed by atoms with E-state index in [1.807, 2.05) is 0 Å². The summed E-state index contributed by atoms with van der Waals surface area (Å²) >= 11 is 0. The van der Waals surface area contributed by atoms with E-state index >= 15 is 0 Å². The van der Waals surface area contributed by atoms with Crippen molar-refractivity contribution in [3.63, 3.8) is 0 Å². The Balaban J connectivity index is 5.23. The number of carbonyl (C=O) groups excluding carboxylic acids is 4. The summed E-state index contributed by atoms with van der Waals surface area (Å²) < 4.78 is 68.2. The minimum absolute atomic E-state index is 0.0834. The third kappa shape index (κ3) is 64.6. The number of hydrogen-bond acceptors (Lipinski definition) is 15. The van der Waals surface area contributed by atoms with Crippen molar-refractivity contribution in [1.29, 1.82) is 0 Å². The minimum Gasteiger partial charge on any atom is -0.462 e. The molecule has 0 saturated heterocycles. The van der Waals surface area contributed by atoms with Gasteiger partial charge in [-0.15, -0.1) is 0 Å². The average Bonchev–Trinajstić information content (AvgIpc) is 2.93. The smallest absolute Gasteiger partial charge is 0.462 e. The fourth-order valence-corrected chi connectivity index (χ4v) is 11.9. The van der Waals surface area contributed by atoms with Crippen LogP contribution in [0.25, 0.3) is 0 Å². The Morgan fingerprint density at radius 1 is 0.363 bits per heavy atom. The number of carbonyl (C=O) groups is 4. The van der Waals surface area contributed by atoms with Gasteiger partial charge < -0.3 is 33.8 Å². The molecule has 0 radical (unpaired) electrons. The Morgan fingerprint density at radius 2 is 0.648 bits per heavy atom. The van der Waals surface area contributed by atoms with Crippen molar-refractivity contribution in [1.82, 2.24) is 0 Å². The van der Waals surface area contributed by atoms with E-state index in [2.05, 4.69) is 72.8 Å². The summed E-state index contributed by atoms with van der Waals surface area (Å²) in [6.45, 7) is 11.7. The van der Waals surface area contributed by atoms with Crippen LogP contribution in [-0.2, 0) is 65.4 Å². The van der Waals surface area contributed by atoms with Crippen LogP contribution < -0.4 is 0 Å². The van der Waals surface area contributed by atoms with Gasteiger partial charge in [-0.05, 0) is 69.1 Å². The van der Waals surface area contributed by atoms with Crippen LogP contribution in [0.1, 0.15) is 337 Å². The highest BCUT2D eigenvalue weighted by atomic mass is 31.2. The number of rotatable bonds is 68. The molecule has 91 heavy (non-hydrogen) atoms. The van der Waals surface area contributed by atoms with Gasteiger partial charge in [0.1, 0.15) is 19.3 Å². The summed E-state index contributed by atoms with van der Waals surface area (Å²) in [6, 6.07) is 0. The molecule has 6 atom stereocenters. The second-order valence-corrected chi connectivity index (χ2v) is 29.4. The zero-order valence-electron chi connectivity index (χ0n) is 58.8. The van der Waals surface area contributed by atoms with E-state index in [0.29, 0.717) is 31.6 Å². The number of unbranched alkanes of at least 4 members (excludes halogenated alkanes) is 32. The Kier molecular flexibility index (Phi) is 60.7. The predicted octanol–water partition coefficient (Wildman–Crippen LogP) is 20.2. The van der Waals surface area contributed by atoms with Gasteiger partial charge in [-0.3, -0.25) is 37.3 Å². The first-order chi connectivity index (χ1) is 43.8. The largest absolute Gasteiger partial charge is 0.472 e. The van der Waals surface area contributed by atoms with Crippen molar-refractivity contribution in [3.8, 4) is 0 Å². The number of allylic oxidation sites excluding steroid dienone is 4. The maximum Gasteiger partial charge on any atom is 0.472 e. The van der Waals surface area contributed by atoms with Crippen LogP contribution >= 0.6 is 15.6 Å². The first-order valence-electron chi connectivity index (χ1n) is 36.7. The van der Waals surface area contributed by atoms with E-state index < -0.39 is 97.5 Å². The Hall–Kier alpha value is -2.46. The topological polar surface area (TPSA) is 237 Å². The fourth-order valence-electron chi connectivity index (χ4n) is 10.3. The minimum atomic E-state index is -4.96. The van der Waals surface area contributed by atoms with Crippen LogP contribution in [0.15, 0.2) is 24.3 Å². The number of aliphatic hydroxyl groups is 1. The lowest BCUT2D eigenvalue weighted by Gasteiger charge is -2.21. The lowest BCUT2D eigenvalue weighted by molar-refractivity contribution is -0.161. The van der Waals surface area contributed by atoms with Gasteiger partial charge >= 0.3 is 39.5 Å². The molecule has 0 aromatic carbocycles. The first-order valence-corrected chi connectivity index (χ1v) is 39.7. The van der Waals surface area contributed by atoms with Gasteiger partial charge in [0.05, 0.1) is 26.4 Å². The third-order valence-electron chi connectivity index (χ3n) is 16.4. The van der Waals surface area contributed by atoms with Crippen LogP contribution in [-0.4, -0.2) is 96.7 Å². The van der Waals surface area contributed by atoms with Crippen molar-refractivity contribution in [2.75, 3.05) is 39.6 Å². The number of esters is 4. The second kappa shape index (κ2) is 62.4. The molecule has 0 heterocycles. The Labute approximate surface area is 554 Å². The summed E-state index contributed by atoms with van der Waals surface area (Å²) in [5.74, 6) is 0.0326. The molecule has 0 fully saturated rings. The molecule has 3 unspecified atom stereocenters. The van der Waals surface area contributed by atoms with Gasteiger partial charge in [-0.1, -0.05) is 285 Å². The molecule has 0 aliphatic rings. The molecule has 0 aliphatic carbocycles. The number of hydrogen-bond donors (Lipinski definition) is 3. The van der Waals surface area contributed by atoms with Gasteiger partial charge in [0.25, 0.3) is 0 Å². The van der Waals surface area contributed by atoms with Crippen LogP contribution in [0.3, 0.4) is 0 Å². The molecule has 19 heteroatoms. The van der Waals surface area contributed by atoms with Gasteiger partial charge in [0.2, 0.25) is 0 Å². The highest BCUT2D eigenvalue weighted by Crippen LogP contribution is 2.45. The quantitative estimate of drug-likeness (QED) is 0.0169. The first kappa shape index (κ1) is 88.5. The van der Waals surface area contributed by atoms with E-state index in [1.165, 1.54) is 128 Å². The average molecular weight is 1340 g/mol. The number of phosphoric acid groups is 2. The monoisotopic (exact) mass is 1330 g/mol. The molecule has 0 bridgehead atoms. The molecule has 0 saturated carbocycles. The SMILES string of the molecule is CCCCCC/C=C\C=C/CCCCCCCC(=O)O[C@H](COC(=O)CCCCCCCCC(C)C)COP(=O)(O)OC[C@H](O)COP(=O)(O)OC[C@@H](COC(=O)CCCCCCCCCCCCCCCCC(C)C)OC(=O)CCCCCCCCC(C)CC. The predicted molar refractivity (Wildman–Crippen MR) is 367 cm³/mol. The number of ether oxygens (including phenoxy) is 4. The molecule has 0 amide bonds. The molecule has 0 spiro atoms. The summed E-state index contributed by atoms with van der Waals surface area (Å²) in [5.41, 5.74) is 0. The molecule has 3 N–H and O–H groups in total. The van der Waals surface area contributed by atoms with Gasteiger partial charge in [-0.25, -0.2) is 9.13 Å². The molecule has 0 rings (SSSR count).